The predicted octanol–water partition coefficient (Wildman–Crippen LogP) is 7.47. The van der Waals surface area contributed by atoms with Crippen LogP contribution in [0.3, 0.4) is 0 Å². The SMILES string of the molecule is CCS(=N)(=O)c1ccc(CC(=O)Nc2cc(Cl)c(C3(c4nc5ccc(Cl)cc5o4)CC3)c(Cl)c2)cc1. The number of carbonyl (C=O) groups is 1. The van der Waals surface area contributed by atoms with Gasteiger partial charge in [-0.15, -0.1) is 0 Å². The monoisotopic (exact) mass is 561 g/mol. The molecule has 1 unspecified atom stereocenters. The predicted molar refractivity (Wildman–Crippen MR) is 144 cm³/mol. The number of halogens is 3. The quantitative estimate of drug-likeness (QED) is 0.244. The summed E-state index contributed by atoms with van der Waals surface area (Å²) in [6.45, 7) is 1.71. The van der Waals surface area contributed by atoms with Gasteiger partial charge in [0, 0.05) is 43.0 Å². The van der Waals surface area contributed by atoms with Crippen LogP contribution in [0.5, 0.6) is 0 Å². The van der Waals surface area contributed by atoms with Gasteiger partial charge in [0.1, 0.15) is 5.52 Å². The van der Waals surface area contributed by atoms with Crippen LogP contribution in [0.15, 0.2) is 63.9 Å². The number of oxazole rings is 1. The van der Waals surface area contributed by atoms with E-state index in [4.69, 9.17) is 44.0 Å². The number of anilines is 1. The molecule has 1 fully saturated rings. The molecule has 4 aromatic rings. The lowest BCUT2D eigenvalue weighted by Gasteiger charge is -2.17. The van der Waals surface area contributed by atoms with Gasteiger partial charge in [0.15, 0.2) is 5.58 Å². The van der Waals surface area contributed by atoms with Gasteiger partial charge in [-0.1, -0.05) is 53.9 Å². The molecule has 10 heteroatoms. The van der Waals surface area contributed by atoms with E-state index in [2.05, 4.69) is 10.3 Å². The number of rotatable bonds is 7. The molecule has 0 bridgehead atoms. The Morgan fingerprint density at radius 2 is 1.75 bits per heavy atom. The van der Waals surface area contributed by atoms with Crippen LogP contribution in [0.25, 0.3) is 11.1 Å². The summed E-state index contributed by atoms with van der Waals surface area (Å²) < 4.78 is 26.1. The summed E-state index contributed by atoms with van der Waals surface area (Å²) in [7, 11) is -2.79. The Labute approximate surface area is 223 Å². The fourth-order valence-electron chi connectivity index (χ4n) is 4.29. The van der Waals surface area contributed by atoms with Crippen molar-refractivity contribution in [1.29, 1.82) is 4.78 Å². The Kier molecular flexibility index (Phi) is 6.53. The Morgan fingerprint density at radius 1 is 1.08 bits per heavy atom. The highest BCUT2D eigenvalue weighted by Gasteiger charge is 2.52. The minimum Gasteiger partial charge on any atom is -0.440 e. The number of hydrogen-bond acceptors (Lipinski definition) is 5. The van der Waals surface area contributed by atoms with Gasteiger partial charge in [0.25, 0.3) is 0 Å². The third kappa shape index (κ3) is 4.73. The van der Waals surface area contributed by atoms with Gasteiger partial charge in [-0.2, -0.15) is 0 Å². The number of fused-ring (bicyclic) bond motifs is 1. The van der Waals surface area contributed by atoms with E-state index in [0.717, 1.165) is 24.0 Å². The van der Waals surface area contributed by atoms with Crippen LogP contribution in [0.4, 0.5) is 5.69 Å². The van der Waals surface area contributed by atoms with Crippen molar-refractivity contribution < 1.29 is 13.4 Å². The molecule has 0 spiro atoms. The summed E-state index contributed by atoms with van der Waals surface area (Å²) in [4.78, 5) is 17.8. The van der Waals surface area contributed by atoms with Crippen molar-refractivity contribution in [1.82, 2.24) is 4.98 Å². The summed E-state index contributed by atoms with van der Waals surface area (Å²) in [6.07, 6.45) is 1.69. The Hall–Kier alpha value is -2.58. The number of hydrogen-bond donors (Lipinski definition) is 2. The topological polar surface area (TPSA) is 96.0 Å². The van der Waals surface area contributed by atoms with Crippen molar-refractivity contribution in [2.75, 3.05) is 11.1 Å². The highest BCUT2D eigenvalue weighted by molar-refractivity contribution is 7.92. The van der Waals surface area contributed by atoms with Crippen molar-refractivity contribution in [3.63, 3.8) is 0 Å². The van der Waals surface area contributed by atoms with Crippen LogP contribution in [-0.4, -0.2) is 20.9 Å². The average molecular weight is 563 g/mol. The zero-order valence-electron chi connectivity index (χ0n) is 19.2. The lowest BCUT2D eigenvalue weighted by molar-refractivity contribution is -0.115. The standard InChI is InChI=1S/C26H22Cl3N3O3S/c1-2-36(30,34)18-6-3-15(4-7-18)11-23(33)31-17-13-19(28)24(20(29)14-17)26(9-10-26)25-32-21-8-5-16(27)12-22(21)35-25/h3-8,12-14,30H,2,9-11H2,1H3,(H,31,33). The van der Waals surface area contributed by atoms with E-state index >= 15 is 0 Å². The van der Waals surface area contributed by atoms with Gasteiger partial charge in [-0.05, 0) is 54.8 Å². The molecule has 0 radical (unpaired) electrons. The summed E-state index contributed by atoms with van der Waals surface area (Å²) in [6, 6.07) is 15.4. The van der Waals surface area contributed by atoms with Gasteiger partial charge >= 0.3 is 0 Å². The van der Waals surface area contributed by atoms with Gasteiger partial charge in [-0.25, -0.2) is 14.0 Å². The van der Waals surface area contributed by atoms with Gasteiger partial charge in [0.05, 0.1) is 21.6 Å². The Morgan fingerprint density at radius 3 is 2.36 bits per heavy atom. The molecule has 6 nitrogen and oxygen atoms in total. The van der Waals surface area contributed by atoms with Crippen LogP contribution < -0.4 is 5.32 Å². The maximum Gasteiger partial charge on any atom is 0.228 e. The van der Waals surface area contributed by atoms with Gasteiger partial charge in [0.2, 0.25) is 11.8 Å². The molecule has 0 saturated heterocycles. The molecule has 186 valence electrons. The molecular weight excluding hydrogens is 541 g/mol. The van der Waals surface area contributed by atoms with E-state index in [1.165, 1.54) is 0 Å². The van der Waals surface area contributed by atoms with Crippen LogP contribution in [0.2, 0.25) is 15.1 Å². The molecule has 2 N–H and O–H groups in total. The minimum absolute atomic E-state index is 0.109. The first-order chi connectivity index (χ1) is 17.1. The molecule has 1 aliphatic carbocycles. The fourth-order valence-corrected chi connectivity index (χ4v) is 6.21. The molecule has 1 heterocycles. The van der Waals surface area contributed by atoms with Crippen molar-refractivity contribution >= 4 is 67.2 Å². The van der Waals surface area contributed by atoms with E-state index in [9.17, 15) is 9.00 Å². The van der Waals surface area contributed by atoms with Crippen molar-refractivity contribution in [2.24, 2.45) is 0 Å². The number of nitrogens with one attached hydrogen (secondary N) is 2. The molecule has 1 amide bonds. The number of aromatic nitrogens is 1. The number of carbonyl (C=O) groups excluding carboxylic acids is 1. The van der Waals surface area contributed by atoms with Crippen LogP contribution in [-0.2, 0) is 26.4 Å². The molecule has 0 aliphatic heterocycles. The smallest absolute Gasteiger partial charge is 0.228 e. The van der Waals surface area contributed by atoms with E-state index < -0.39 is 15.1 Å². The summed E-state index contributed by atoms with van der Waals surface area (Å²) >= 11 is 19.4. The fraction of sp³-hybridized carbons (Fsp3) is 0.231. The van der Waals surface area contributed by atoms with E-state index in [-0.39, 0.29) is 18.1 Å². The second-order valence-electron chi connectivity index (χ2n) is 8.86. The van der Waals surface area contributed by atoms with Gasteiger partial charge in [-0.3, -0.25) is 4.79 Å². The first-order valence-electron chi connectivity index (χ1n) is 11.3. The van der Waals surface area contributed by atoms with Crippen molar-refractivity contribution in [3.8, 4) is 0 Å². The highest BCUT2D eigenvalue weighted by Crippen LogP contribution is 2.57. The lowest BCUT2D eigenvalue weighted by atomic mass is 9.95. The van der Waals surface area contributed by atoms with Crippen LogP contribution in [0, 0.1) is 4.78 Å². The molecular formula is C26H22Cl3N3O3S. The Bertz CT molecular complexity index is 1570. The number of nitrogens with zero attached hydrogens (tertiary/aromatic N) is 1. The molecule has 1 aliphatic rings. The lowest BCUT2D eigenvalue weighted by Crippen LogP contribution is -2.16. The minimum atomic E-state index is -2.79. The summed E-state index contributed by atoms with van der Waals surface area (Å²) in [5.74, 6) is 0.539. The largest absolute Gasteiger partial charge is 0.440 e. The molecule has 1 aromatic heterocycles. The molecule has 1 saturated carbocycles. The first kappa shape index (κ1) is 25.1. The normalized spacial score (nSPS) is 16.0. The molecule has 36 heavy (non-hydrogen) atoms. The molecule has 5 rings (SSSR count). The molecule has 3 aromatic carbocycles. The zero-order chi connectivity index (χ0) is 25.7. The zero-order valence-corrected chi connectivity index (χ0v) is 22.3. The highest BCUT2D eigenvalue weighted by atomic mass is 35.5. The third-order valence-electron chi connectivity index (χ3n) is 6.39. The maximum absolute atomic E-state index is 12.7. The summed E-state index contributed by atoms with van der Waals surface area (Å²) in [5, 5.41) is 4.25. The first-order valence-corrected chi connectivity index (χ1v) is 14.2. The van der Waals surface area contributed by atoms with E-state index in [1.54, 1.807) is 55.5 Å². The second kappa shape index (κ2) is 9.38. The van der Waals surface area contributed by atoms with E-state index in [0.29, 0.717) is 42.6 Å². The summed E-state index contributed by atoms with van der Waals surface area (Å²) in [5.41, 5.74) is 2.75. The Balaban J connectivity index is 1.34. The number of amides is 1. The molecule has 1 atom stereocenters. The number of benzene rings is 3. The second-order valence-corrected chi connectivity index (χ2v) is 12.5. The maximum atomic E-state index is 12.7. The van der Waals surface area contributed by atoms with E-state index in [1.807, 2.05) is 6.07 Å². The average Bonchev–Trinajstić information content (AvgIpc) is 3.50. The van der Waals surface area contributed by atoms with Crippen LogP contribution in [0.1, 0.15) is 36.8 Å². The van der Waals surface area contributed by atoms with Gasteiger partial charge < -0.3 is 9.73 Å². The third-order valence-corrected chi connectivity index (χ3v) is 9.07. The van der Waals surface area contributed by atoms with Crippen molar-refractivity contribution in [2.45, 2.75) is 36.5 Å². The van der Waals surface area contributed by atoms with Crippen LogP contribution >= 0.6 is 34.8 Å². The van der Waals surface area contributed by atoms with Crippen molar-refractivity contribution in [3.05, 3.63) is 86.7 Å².